The highest BCUT2D eigenvalue weighted by molar-refractivity contribution is 5.88. The van der Waals surface area contributed by atoms with E-state index in [1.54, 1.807) is 6.92 Å². The normalized spacial score (nSPS) is 19.2. The number of halogens is 3. The molecule has 1 aliphatic rings. The summed E-state index contributed by atoms with van der Waals surface area (Å²) in [5, 5.41) is 9.04. The summed E-state index contributed by atoms with van der Waals surface area (Å²) in [6.45, 7) is 2.47. The molecule has 1 aromatic carbocycles. The van der Waals surface area contributed by atoms with Gasteiger partial charge in [-0.2, -0.15) is 0 Å². The molecule has 0 spiro atoms. The predicted octanol–water partition coefficient (Wildman–Crippen LogP) is 0.806. The van der Waals surface area contributed by atoms with Crippen LogP contribution in [0.2, 0.25) is 0 Å². The summed E-state index contributed by atoms with van der Waals surface area (Å²) >= 11 is 0. The van der Waals surface area contributed by atoms with Gasteiger partial charge in [0, 0.05) is 38.2 Å². The van der Waals surface area contributed by atoms with Crippen LogP contribution in [0.5, 0.6) is 0 Å². The van der Waals surface area contributed by atoms with Crippen LogP contribution in [-0.4, -0.2) is 65.0 Å². The van der Waals surface area contributed by atoms with Crippen molar-refractivity contribution in [3.05, 3.63) is 35.1 Å². The van der Waals surface area contributed by atoms with Crippen LogP contribution in [0.15, 0.2) is 12.1 Å². The first-order valence-electron chi connectivity index (χ1n) is 8.82. The highest BCUT2D eigenvalue weighted by Gasteiger charge is 2.32. The van der Waals surface area contributed by atoms with Gasteiger partial charge < -0.3 is 20.6 Å². The average molecular weight is 387 g/mol. The molecule has 0 aliphatic carbocycles. The summed E-state index contributed by atoms with van der Waals surface area (Å²) in [4.78, 5) is 27.9. The molecule has 3 N–H and O–H groups in total. The highest BCUT2D eigenvalue weighted by atomic mass is 19.2. The fourth-order valence-corrected chi connectivity index (χ4v) is 3.23. The molecule has 6 nitrogen and oxygen atoms in total. The van der Waals surface area contributed by atoms with Crippen molar-refractivity contribution in [3.63, 3.8) is 0 Å². The Bertz CT molecular complexity index is 702. The van der Waals surface area contributed by atoms with E-state index in [1.165, 1.54) is 9.80 Å². The van der Waals surface area contributed by atoms with Gasteiger partial charge in [0.05, 0.1) is 6.61 Å². The third-order valence-corrected chi connectivity index (χ3v) is 4.66. The first-order chi connectivity index (χ1) is 12.7. The lowest BCUT2D eigenvalue weighted by molar-refractivity contribution is -0.143. The molecule has 0 aromatic heterocycles. The number of benzene rings is 1. The number of aliphatic hydroxyl groups is 1. The van der Waals surface area contributed by atoms with E-state index in [4.69, 9.17) is 10.8 Å². The number of carbonyl (C=O) groups is 2. The maximum atomic E-state index is 13.7. The third kappa shape index (κ3) is 5.20. The van der Waals surface area contributed by atoms with Crippen molar-refractivity contribution in [2.45, 2.75) is 38.3 Å². The molecule has 27 heavy (non-hydrogen) atoms. The van der Waals surface area contributed by atoms with Gasteiger partial charge in [-0.05, 0) is 31.4 Å². The van der Waals surface area contributed by atoms with E-state index < -0.39 is 29.5 Å². The number of carbonyl (C=O) groups excluding carboxylic acids is 2. The Labute approximate surface area is 155 Å². The number of aliphatic hydroxyl groups excluding tert-OH is 1. The van der Waals surface area contributed by atoms with Crippen LogP contribution in [0.1, 0.15) is 25.3 Å². The van der Waals surface area contributed by atoms with Crippen molar-refractivity contribution >= 4 is 11.8 Å². The van der Waals surface area contributed by atoms with E-state index in [0.29, 0.717) is 25.6 Å². The molecule has 1 fully saturated rings. The number of hydrogen-bond donors (Lipinski definition) is 2. The van der Waals surface area contributed by atoms with Gasteiger partial charge in [-0.3, -0.25) is 9.59 Å². The van der Waals surface area contributed by atoms with Crippen LogP contribution in [0.25, 0.3) is 0 Å². The van der Waals surface area contributed by atoms with Crippen molar-refractivity contribution in [1.29, 1.82) is 0 Å². The van der Waals surface area contributed by atoms with E-state index in [2.05, 4.69) is 0 Å². The second-order valence-corrected chi connectivity index (χ2v) is 6.69. The molecular weight excluding hydrogens is 363 g/mol. The van der Waals surface area contributed by atoms with Gasteiger partial charge in [-0.1, -0.05) is 0 Å². The summed E-state index contributed by atoms with van der Waals surface area (Å²) in [6, 6.07) is -0.320. The lowest BCUT2D eigenvalue weighted by Crippen LogP contribution is -2.48. The lowest BCUT2D eigenvalue weighted by Gasteiger charge is -2.29. The van der Waals surface area contributed by atoms with Gasteiger partial charge in [-0.25, -0.2) is 13.2 Å². The van der Waals surface area contributed by atoms with Crippen molar-refractivity contribution in [1.82, 2.24) is 9.80 Å². The monoisotopic (exact) mass is 387 g/mol. The summed E-state index contributed by atoms with van der Waals surface area (Å²) in [5.74, 6) is -4.01. The van der Waals surface area contributed by atoms with Crippen LogP contribution in [0.3, 0.4) is 0 Å². The molecule has 2 amide bonds. The van der Waals surface area contributed by atoms with E-state index in [9.17, 15) is 22.8 Å². The summed E-state index contributed by atoms with van der Waals surface area (Å²) < 4.78 is 40.0. The first-order valence-corrected chi connectivity index (χ1v) is 8.82. The molecule has 0 radical (unpaired) electrons. The SMILES string of the molecule is C[C@@H]1C(=O)N(CCO)CCCN1C(=O)C[C@H](N)Cc1cc(F)c(F)cc1F. The summed E-state index contributed by atoms with van der Waals surface area (Å²) in [5.41, 5.74) is 5.80. The van der Waals surface area contributed by atoms with E-state index >= 15 is 0 Å². The molecule has 2 rings (SSSR count). The van der Waals surface area contributed by atoms with Crippen LogP contribution in [0.4, 0.5) is 13.2 Å². The second-order valence-electron chi connectivity index (χ2n) is 6.69. The fraction of sp³-hybridized carbons (Fsp3) is 0.556. The Morgan fingerprint density at radius 2 is 1.93 bits per heavy atom. The van der Waals surface area contributed by atoms with E-state index in [1.807, 2.05) is 0 Å². The van der Waals surface area contributed by atoms with Crippen LogP contribution in [0, 0.1) is 17.5 Å². The molecule has 150 valence electrons. The van der Waals surface area contributed by atoms with Gasteiger partial charge in [-0.15, -0.1) is 0 Å². The smallest absolute Gasteiger partial charge is 0.245 e. The fourth-order valence-electron chi connectivity index (χ4n) is 3.23. The van der Waals surface area contributed by atoms with Crippen LogP contribution >= 0.6 is 0 Å². The third-order valence-electron chi connectivity index (χ3n) is 4.66. The Morgan fingerprint density at radius 1 is 1.26 bits per heavy atom. The molecule has 0 bridgehead atoms. The van der Waals surface area contributed by atoms with Crippen LogP contribution in [-0.2, 0) is 16.0 Å². The minimum atomic E-state index is -1.29. The van der Waals surface area contributed by atoms with Gasteiger partial charge in [0.25, 0.3) is 0 Å². The van der Waals surface area contributed by atoms with Crippen molar-refractivity contribution in [2.75, 3.05) is 26.2 Å². The number of β-amino-alcohol motifs (C(OH)–C–C–N with tert-alkyl or cyclic N) is 1. The van der Waals surface area contributed by atoms with E-state index in [-0.39, 0.29) is 43.4 Å². The zero-order valence-electron chi connectivity index (χ0n) is 15.1. The van der Waals surface area contributed by atoms with Gasteiger partial charge >= 0.3 is 0 Å². The molecule has 9 heteroatoms. The second kappa shape index (κ2) is 9.18. The quantitative estimate of drug-likeness (QED) is 0.707. The predicted molar refractivity (Wildman–Crippen MR) is 92.1 cm³/mol. The Balaban J connectivity index is 2.01. The molecular formula is C18H24F3N3O3. The molecule has 1 heterocycles. The van der Waals surface area contributed by atoms with Crippen molar-refractivity contribution < 1.29 is 27.9 Å². The largest absolute Gasteiger partial charge is 0.395 e. The summed E-state index contributed by atoms with van der Waals surface area (Å²) in [6.07, 6.45) is 0.270. The van der Waals surface area contributed by atoms with Gasteiger partial charge in [0.2, 0.25) is 11.8 Å². The average Bonchev–Trinajstić information content (AvgIpc) is 2.73. The standard InChI is InChI=1S/C18H24F3N3O3/c1-11-18(27)23(5-6-25)3-2-4-24(11)17(26)9-13(22)7-12-8-15(20)16(21)10-14(12)19/h8,10-11,13,25H,2-7,9,22H2,1H3/t11-,13-/m1/s1. The van der Waals surface area contributed by atoms with Gasteiger partial charge in [0.15, 0.2) is 11.6 Å². The molecule has 0 saturated carbocycles. The molecule has 1 aromatic rings. The highest BCUT2D eigenvalue weighted by Crippen LogP contribution is 2.17. The number of nitrogens with zero attached hydrogens (tertiary/aromatic N) is 2. The Hall–Kier alpha value is -2.13. The van der Waals surface area contributed by atoms with Crippen molar-refractivity contribution in [3.8, 4) is 0 Å². The maximum Gasteiger partial charge on any atom is 0.245 e. The van der Waals surface area contributed by atoms with Crippen LogP contribution < -0.4 is 5.73 Å². The topological polar surface area (TPSA) is 86.9 Å². The molecule has 2 atom stereocenters. The van der Waals surface area contributed by atoms with E-state index in [0.717, 1.165) is 6.07 Å². The molecule has 1 saturated heterocycles. The number of hydrogen-bond acceptors (Lipinski definition) is 4. The molecule has 0 unspecified atom stereocenters. The Kier molecular flexibility index (Phi) is 7.20. The van der Waals surface area contributed by atoms with Crippen molar-refractivity contribution in [2.24, 2.45) is 5.73 Å². The Morgan fingerprint density at radius 3 is 2.59 bits per heavy atom. The zero-order chi connectivity index (χ0) is 20.1. The molecule has 1 aliphatic heterocycles. The summed E-state index contributed by atoms with van der Waals surface area (Å²) in [7, 11) is 0. The first kappa shape index (κ1) is 21.2. The number of nitrogens with two attached hydrogens (primary N) is 1. The maximum absolute atomic E-state index is 13.7. The number of rotatable bonds is 6. The zero-order valence-corrected chi connectivity index (χ0v) is 15.1. The van der Waals surface area contributed by atoms with Gasteiger partial charge in [0.1, 0.15) is 11.9 Å². The lowest BCUT2D eigenvalue weighted by atomic mass is 10.0. The minimum absolute atomic E-state index is 0.108. The minimum Gasteiger partial charge on any atom is -0.395 e. The number of amides is 2.